The largest absolute Gasteiger partial charge is 0.360 e. The normalized spacial score (nSPS) is 10.7. The van der Waals surface area contributed by atoms with Crippen LogP contribution in [0, 0.1) is 0 Å². The van der Waals surface area contributed by atoms with E-state index in [1.807, 2.05) is 30.3 Å². The Morgan fingerprint density at radius 1 is 1.08 bits per heavy atom. The van der Waals surface area contributed by atoms with Gasteiger partial charge in [0.1, 0.15) is 0 Å². The second-order valence-electron chi connectivity index (χ2n) is 5.57. The zero-order chi connectivity index (χ0) is 16.9. The number of ketones is 1. The number of halogens is 1. The van der Waals surface area contributed by atoms with Gasteiger partial charge in [-0.15, -0.1) is 0 Å². The van der Waals surface area contributed by atoms with Crippen LogP contribution in [-0.2, 0) is 11.2 Å². The first kappa shape index (κ1) is 16.3. The summed E-state index contributed by atoms with van der Waals surface area (Å²) >= 11 is 5.92. The molecule has 1 amide bonds. The van der Waals surface area contributed by atoms with Crippen molar-refractivity contribution in [1.82, 2.24) is 10.3 Å². The molecule has 4 nitrogen and oxygen atoms in total. The lowest BCUT2D eigenvalue weighted by atomic mass is 10.1. The molecule has 24 heavy (non-hydrogen) atoms. The first-order chi connectivity index (χ1) is 11.6. The van der Waals surface area contributed by atoms with Crippen molar-refractivity contribution >= 4 is 34.2 Å². The minimum Gasteiger partial charge on any atom is -0.360 e. The van der Waals surface area contributed by atoms with Gasteiger partial charge in [-0.2, -0.15) is 0 Å². The Bertz CT molecular complexity index is 871. The maximum atomic E-state index is 12.3. The van der Waals surface area contributed by atoms with E-state index in [-0.39, 0.29) is 0 Å². The van der Waals surface area contributed by atoms with Gasteiger partial charge >= 0.3 is 0 Å². The van der Waals surface area contributed by atoms with E-state index in [1.54, 1.807) is 24.4 Å². The average Bonchev–Trinajstić information content (AvgIpc) is 3.01. The van der Waals surface area contributed by atoms with Crippen LogP contribution in [0.25, 0.3) is 10.9 Å². The van der Waals surface area contributed by atoms with Gasteiger partial charge in [0.05, 0.1) is 5.56 Å². The van der Waals surface area contributed by atoms with Crippen molar-refractivity contribution in [3.63, 3.8) is 0 Å². The molecule has 0 saturated heterocycles. The maximum Gasteiger partial charge on any atom is 0.292 e. The average molecular weight is 341 g/mol. The first-order valence-corrected chi connectivity index (χ1v) is 8.16. The molecule has 0 aliphatic carbocycles. The summed E-state index contributed by atoms with van der Waals surface area (Å²) in [6.45, 7) is 0.466. The smallest absolute Gasteiger partial charge is 0.292 e. The molecular weight excluding hydrogens is 324 g/mol. The summed E-state index contributed by atoms with van der Waals surface area (Å²) in [6, 6.07) is 15.2. The molecular formula is C19H17ClN2O2. The standard InChI is InChI=1S/C19H17ClN2O2/c20-14-8-9-15-16(12-22-17(15)11-14)18(23)19(24)21-10-4-7-13-5-2-1-3-6-13/h1-3,5-6,8-9,11-12,22H,4,7,10H2,(H,21,24). The highest BCUT2D eigenvalue weighted by molar-refractivity contribution is 6.45. The number of aryl methyl sites for hydroxylation is 1. The van der Waals surface area contributed by atoms with Crippen molar-refractivity contribution in [1.29, 1.82) is 0 Å². The van der Waals surface area contributed by atoms with Gasteiger partial charge in [-0.3, -0.25) is 9.59 Å². The van der Waals surface area contributed by atoms with Crippen LogP contribution in [0.15, 0.2) is 54.7 Å². The Morgan fingerprint density at radius 3 is 2.67 bits per heavy atom. The van der Waals surface area contributed by atoms with Gasteiger partial charge in [-0.25, -0.2) is 0 Å². The van der Waals surface area contributed by atoms with Crippen LogP contribution in [0.5, 0.6) is 0 Å². The quantitative estimate of drug-likeness (QED) is 0.408. The van der Waals surface area contributed by atoms with Crippen LogP contribution in [-0.4, -0.2) is 23.2 Å². The monoisotopic (exact) mass is 340 g/mol. The van der Waals surface area contributed by atoms with Crippen molar-refractivity contribution in [2.75, 3.05) is 6.54 Å². The third-order valence-electron chi connectivity index (χ3n) is 3.87. The fourth-order valence-electron chi connectivity index (χ4n) is 2.63. The maximum absolute atomic E-state index is 12.3. The van der Waals surface area contributed by atoms with E-state index in [4.69, 9.17) is 11.6 Å². The number of aromatic amines is 1. The number of hydrogen-bond donors (Lipinski definition) is 2. The number of carbonyl (C=O) groups excluding carboxylic acids is 2. The molecule has 1 aromatic heterocycles. The Hall–Kier alpha value is -2.59. The fraction of sp³-hybridized carbons (Fsp3) is 0.158. The Kier molecular flexibility index (Phi) is 4.96. The van der Waals surface area contributed by atoms with E-state index >= 15 is 0 Å². The molecule has 3 aromatic rings. The van der Waals surface area contributed by atoms with E-state index in [1.165, 1.54) is 5.56 Å². The van der Waals surface area contributed by atoms with Crippen molar-refractivity contribution in [2.24, 2.45) is 0 Å². The molecule has 0 aliphatic heterocycles. The highest BCUT2D eigenvalue weighted by Gasteiger charge is 2.19. The van der Waals surface area contributed by atoms with Crippen molar-refractivity contribution in [2.45, 2.75) is 12.8 Å². The second kappa shape index (κ2) is 7.32. The molecule has 0 unspecified atom stereocenters. The fourth-order valence-corrected chi connectivity index (χ4v) is 2.80. The summed E-state index contributed by atoms with van der Waals surface area (Å²) in [5.41, 5.74) is 2.32. The van der Waals surface area contributed by atoms with Crippen LogP contribution >= 0.6 is 11.6 Å². The number of H-pyrrole nitrogens is 1. The number of rotatable bonds is 6. The number of benzene rings is 2. The molecule has 1 heterocycles. The lowest BCUT2D eigenvalue weighted by molar-refractivity contribution is -0.117. The molecule has 0 spiro atoms. The van der Waals surface area contributed by atoms with E-state index in [0.717, 1.165) is 18.4 Å². The summed E-state index contributed by atoms with van der Waals surface area (Å²) in [5, 5.41) is 3.96. The van der Waals surface area contributed by atoms with Gasteiger partial charge in [0, 0.05) is 28.7 Å². The first-order valence-electron chi connectivity index (χ1n) is 7.78. The van der Waals surface area contributed by atoms with Gasteiger partial charge in [0.15, 0.2) is 0 Å². The Labute approximate surface area is 144 Å². The highest BCUT2D eigenvalue weighted by Crippen LogP contribution is 2.22. The number of nitrogens with one attached hydrogen (secondary N) is 2. The van der Waals surface area contributed by atoms with E-state index in [9.17, 15) is 9.59 Å². The molecule has 3 rings (SSSR count). The summed E-state index contributed by atoms with van der Waals surface area (Å²) in [6.07, 6.45) is 3.19. The van der Waals surface area contributed by atoms with E-state index < -0.39 is 11.7 Å². The summed E-state index contributed by atoms with van der Waals surface area (Å²) in [5.74, 6) is -1.12. The number of hydrogen-bond acceptors (Lipinski definition) is 2. The summed E-state index contributed by atoms with van der Waals surface area (Å²) < 4.78 is 0. The molecule has 0 radical (unpaired) electrons. The molecule has 122 valence electrons. The van der Waals surface area contributed by atoms with Gasteiger partial charge < -0.3 is 10.3 Å². The Balaban J connectivity index is 1.57. The molecule has 0 atom stereocenters. The van der Waals surface area contributed by atoms with Crippen LogP contribution in [0.1, 0.15) is 22.3 Å². The number of amides is 1. The number of fused-ring (bicyclic) bond motifs is 1. The van der Waals surface area contributed by atoms with Gasteiger partial charge in [0.25, 0.3) is 11.7 Å². The van der Waals surface area contributed by atoms with Crippen LogP contribution in [0.3, 0.4) is 0 Å². The van der Waals surface area contributed by atoms with Crippen LogP contribution in [0.4, 0.5) is 0 Å². The zero-order valence-corrected chi connectivity index (χ0v) is 13.8. The number of Topliss-reactive ketones (excluding diaryl/α,β-unsaturated/α-hetero) is 1. The predicted molar refractivity (Wildman–Crippen MR) is 95.4 cm³/mol. The number of aromatic nitrogens is 1. The van der Waals surface area contributed by atoms with Gasteiger partial charge in [-0.1, -0.05) is 48.0 Å². The second-order valence-corrected chi connectivity index (χ2v) is 6.00. The molecule has 0 fully saturated rings. The number of carbonyl (C=O) groups is 2. The van der Waals surface area contributed by atoms with Crippen molar-refractivity contribution < 1.29 is 9.59 Å². The molecule has 5 heteroatoms. The third kappa shape index (κ3) is 3.66. The van der Waals surface area contributed by atoms with Gasteiger partial charge in [0.2, 0.25) is 0 Å². The topological polar surface area (TPSA) is 62.0 Å². The van der Waals surface area contributed by atoms with Crippen molar-refractivity contribution in [3.05, 3.63) is 70.9 Å². The molecule has 0 aliphatic rings. The zero-order valence-electron chi connectivity index (χ0n) is 13.0. The summed E-state index contributed by atoms with van der Waals surface area (Å²) in [7, 11) is 0. The van der Waals surface area contributed by atoms with Crippen LogP contribution in [0.2, 0.25) is 5.02 Å². The molecule has 2 aromatic carbocycles. The van der Waals surface area contributed by atoms with Gasteiger partial charge in [-0.05, 0) is 30.5 Å². The summed E-state index contributed by atoms with van der Waals surface area (Å²) in [4.78, 5) is 27.3. The van der Waals surface area contributed by atoms with Crippen molar-refractivity contribution in [3.8, 4) is 0 Å². The predicted octanol–water partition coefficient (Wildman–Crippen LogP) is 3.75. The molecule has 0 saturated carbocycles. The minimum absolute atomic E-state index is 0.363. The molecule has 0 bridgehead atoms. The highest BCUT2D eigenvalue weighted by atomic mass is 35.5. The Morgan fingerprint density at radius 2 is 1.88 bits per heavy atom. The van der Waals surface area contributed by atoms with E-state index in [2.05, 4.69) is 10.3 Å². The molecule has 2 N–H and O–H groups in total. The lowest BCUT2D eigenvalue weighted by Gasteiger charge is -2.04. The van der Waals surface area contributed by atoms with E-state index in [0.29, 0.717) is 22.5 Å². The third-order valence-corrected chi connectivity index (χ3v) is 4.10. The lowest BCUT2D eigenvalue weighted by Crippen LogP contribution is -2.31. The SMILES string of the molecule is O=C(NCCCc1ccccc1)C(=O)c1c[nH]c2cc(Cl)ccc12. The van der Waals surface area contributed by atoms with Crippen LogP contribution < -0.4 is 5.32 Å². The minimum atomic E-state index is -0.584.